The number of hydrogen-bond acceptors (Lipinski definition) is 0. The standard InChI is InChI=1S/C20H36.C19H34.C19H32.C18H34.C15H30.2C14H26/c1-13-17-11-16(20(13,5)6)12-18(17)14-8-7-9-15(10-14)19(2,3)4;1-13-8-11-19(16(2,3)4)17(5,6)14-9-10-18(19,7)15(13)12-14;1-12(2)15-10-17-13(3)8-16(19(5,6)7)9-14(4)18(17)11-15;1-13(15(3)17(4,5)6)9-11-16-12-10-14(2)18(16,7)8;1-7-9-10-12-14(15(4,5)6)13(3)11-8-2;1-11-7-9-12(10-8-11)14(5,6)13(2,3)4;1-11(2)14(13(4,5)6)9-7-12(3)8-10-14/h13-18H,7-12H2,1-6H3;13-15H,8-12H2,1-7H3;8,14,16-18H,9-11H2,1-7H3;10,13,15-16H,9,11-12H2,1-8H3;11,14H,7-10,12H2,1-6H3;7,12H,8-10H2,1-6H3;7,11H,8-10H2,1-6H3/b;;;;13-11+;;/t13?,14?,15?,16-,17-,18?;13-,14?,15?,18-,19?;;;;;/m00...../s1. The van der Waals surface area contributed by atoms with Crippen molar-refractivity contribution in [1.82, 2.24) is 0 Å². The molecule has 0 radical (unpaired) electrons. The van der Waals surface area contributed by atoms with E-state index in [-0.39, 0.29) is 0 Å². The zero-order valence-corrected chi connectivity index (χ0v) is 90.2. The number of rotatable bonds is 13. The topological polar surface area (TPSA) is 0 Å². The molecule has 0 aliphatic heterocycles. The first kappa shape index (κ1) is 108. The smallest absolute Gasteiger partial charge is 0.0116 e. The monoisotopic (exact) mass is 1650 g/mol. The summed E-state index contributed by atoms with van der Waals surface area (Å²) in [4.78, 5) is 0. The highest BCUT2D eigenvalue weighted by Gasteiger charge is 2.73. The van der Waals surface area contributed by atoms with E-state index in [0.29, 0.717) is 75.8 Å². The van der Waals surface area contributed by atoms with Gasteiger partial charge in [-0.05, 0) is 378 Å². The van der Waals surface area contributed by atoms with Crippen LogP contribution in [0.4, 0.5) is 0 Å². The Morgan fingerprint density at radius 2 is 1.14 bits per heavy atom. The van der Waals surface area contributed by atoms with E-state index in [4.69, 9.17) is 0 Å². The van der Waals surface area contributed by atoms with E-state index in [9.17, 15) is 0 Å². The zero-order chi connectivity index (χ0) is 91.3. The third-order valence-electron chi connectivity index (χ3n) is 40.3. The van der Waals surface area contributed by atoms with Crippen LogP contribution in [0.15, 0.2) is 69.4 Å². The van der Waals surface area contributed by atoms with Gasteiger partial charge in [0.2, 0.25) is 0 Å². The maximum Gasteiger partial charge on any atom is -0.0116 e. The SMILES string of the molecule is CC/C=C(\C)C(CCCCC)C(C)(C)C.CC1=CC(C(C)(C)C)CC(C)C2CC(=C(C)C)CC12.CC1=CCC(C(C)(C)C(C)(C)C)CC1.CC1=CCC(C(C)C)(C(C)(C)C)CC1.CC1=CCC(CCC(C)C(C)C(C)(C)C)C1(C)C.CC1[C@@H]2C[C@@H](CC2C2CCCC(C(C)(C)C)C2)C1(C)C.C[C@H]1CCC2(C(C)(C)C)C(C)(C)C3CC[C@@]2(C)C1C3. The van der Waals surface area contributed by atoms with Gasteiger partial charge in [0.05, 0.1) is 0 Å². The van der Waals surface area contributed by atoms with Crippen molar-refractivity contribution in [2.45, 2.75) is 498 Å². The summed E-state index contributed by atoms with van der Waals surface area (Å²) in [5.74, 6) is 17.3. The Kier molecular flexibility index (Phi) is 37.6. The average Bonchev–Trinajstić information content (AvgIpc) is 1.28. The highest BCUT2D eigenvalue weighted by Crippen LogP contribution is 2.80. The number of hydrogen-bond donors (Lipinski definition) is 0. The van der Waals surface area contributed by atoms with Gasteiger partial charge in [0.25, 0.3) is 0 Å². The van der Waals surface area contributed by atoms with Gasteiger partial charge in [-0.2, -0.15) is 0 Å². The first-order valence-corrected chi connectivity index (χ1v) is 52.0. The molecule has 12 aliphatic carbocycles. The average molecular weight is 1650 g/mol. The predicted molar refractivity (Wildman–Crippen MR) is 538 cm³/mol. The van der Waals surface area contributed by atoms with Crippen molar-refractivity contribution in [2.24, 2.45) is 188 Å². The lowest BCUT2D eigenvalue weighted by Crippen LogP contribution is -2.71. The molecule has 6 bridgehead atoms. The molecule has 0 amide bonds. The van der Waals surface area contributed by atoms with Crippen molar-refractivity contribution in [3.05, 3.63) is 69.4 Å². The molecule has 0 heteroatoms. The molecule has 12 rings (SSSR count). The lowest BCUT2D eigenvalue weighted by atomic mass is 9.27. The van der Waals surface area contributed by atoms with E-state index in [1.54, 1.807) is 51.9 Å². The third-order valence-corrected chi connectivity index (χ3v) is 40.3. The second-order valence-corrected chi connectivity index (χ2v) is 55.2. The molecule has 17 unspecified atom stereocenters. The first-order valence-electron chi connectivity index (χ1n) is 52.0. The molecule has 12 aliphatic rings. The minimum absolute atomic E-state index is 0.410. The Morgan fingerprint density at radius 1 is 0.546 bits per heavy atom. The summed E-state index contributed by atoms with van der Waals surface area (Å²) in [7, 11) is 0. The fourth-order valence-electron chi connectivity index (χ4n) is 29.1. The Balaban J connectivity index is 0.000000248. The van der Waals surface area contributed by atoms with Gasteiger partial charge in [0.15, 0.2) is 0 Å². The van der Waals surface area contributed by atoms with Gasteiger partial charge in [-0.3, -0.25) is 0 Å². The van der Waals surface area contributed by atoms with Gasteiger partial charge in [-0.25, -0.2) is 0 Å². The van der Waals surface area contributed by atoms with Crippen LogP contribution in [0.5, 0.6) is 0 Å². The second kappa shape index (κ2) is 41.5. The fraction of sp³-hybridized carbons (Fsp3) is 0.899. The molecule has 0 nitrogen and oxygen atoms in total. The molecular weight excluding hydrogens is 1430 g/mol. The van der Waals surface area contributed by atoms with Crippen molar-refractivity contribution in [3.8, 4) is 0 Å². The third kappa shape index (κ3) is 25.3. The van der Waals surface area contributed by atoms with E-state index in [1.807, 2.05) is 0 Å². The molecule has 8 saturated carbocycles. The Morgan fingerprint density at radius 3 is 1.60 bits per heavy atom. The summed E-state index contributed by atoms with van der Waals surface area (Å²) in [6.45, 7) is 111. The number of fused-ring (bicyclic) bond motifs is 4. The highest BCUT2D eigenvalue weighted by atomic mass is 14.8. The normalized spacial score (nSPS) is 34.4. The van der Waals surface area contributed by atoms with E-state index in [2.05, 4.69) is 349 Å². The van der Waals surface area contributed by atoms with Crippen molar-refractivity contribution in [3.63, 3.8) is 0 Å². The predicted octanol–water partition coefficient (Wildman–Crippen LogP) is 39.3. The van der Waals surface area contributed by atoms with Crippen LogP contribution in [0.2, 0.25) is 0 Å². The van der Waals surface area contributed by atoms with Crippen LogP contribution >= 0.6 is 0 Å². The molecule has 119 heavy (non-hydrogen) atoms. The van der Waals surface area contributed by atoms with Gasteiger partial charge in [0.1, 0.15) is 0 Å². The molecule has 694 valence electrons. The lowest BCUT2D eigenvalue weighted by molar-refractivity contribution is -0.292. The van der Waals surface area contributed by atoms with Crippen LogP contribution in [0.1, 0.15) is 498 Å². The van der Waals surface area contributed by atoms with Gasteiger partial charge in [-0.15, -0.1) is 0 Å². The zero-order valence-electron chi connectivity index (χ0n) is 90.2. The lowest BCUT2D eigenvalue weighted by Gasteiger charge is -2.77. The van der Waals surface area contributed by atoms with Crippen molar-refractivity contribution >= 4 is 0 Å². The summed E-state index contributed by atoms with van der Waals surface area (Å²) < 4.78 is 0. The quantitative estimate of drug-likeness (QED) is 0.127. The minimum atomic E-state index is 0.410. The van der Waals surface area contributed by atoms with E-state index in [0.717, 1.165) is 112 Å². The molecule has 0 aromatic rings. The summed E-state index contributed by atoms with van der Waals surface area (Å²) in [6, 6.07) is 0. The van der Waals surface area contributed by atoms with Gasteiger partial charge < -0.3 is 0 Å². The summed E-state index contributed by atoms with van der Waals surface area (Å²) in [5, 5.41) is 0. The number of allylic oxidation sites excluding steroid dienone is 12. The molecule has 0 saturated heterocycles. The second-order valence-electron chi connectivity index (χ2n) is 55.2. The molecular formula is C119H218. The summed E-state index contributed by atoms with van der Waals surface area (Å²) in [5.41, 5.74) is 18.1. The van der Waals surface area contributed by atoms with Gasteiger partial charge in [-0.1, -0.05) is 378 Å². The molecule has 8 fully saturated rings. The fourth-order valence-corrected chi connectivity index (χ4v) is 29.1. The van der Waals surface area contributed by atoms with Crippen LogP contribution in [0, 0.1) is 188 Å². The summed E-state index contributed by atoms with van der Waals surface area (Å²) >= 11 is 0. The van der Waals surface area contributed by atoms with Crippen LogP contribution in [-0.2, 0) is 0 Å². The summed E-state index contributed by atoms with van der Waals surface area (Å²) in [6.07, 6.45) is 51.7. The number of unbranched alkanes of at least 4 members (excludes halogenated alkanes) is 2. The Labute approximate surface area is 751 Å². The van der Waals surface area contributed by atoms with Crippen LogP contribution in [0.25, 0.3) is 0 Å². The van der Waals surface area contributed by atoms with Crippen molar-refractivity contribution < 1.29 is 0 Å². The van der Waals surface area contributed by atoms with Crippen LogP contribution in [-0.4, -0.2) is 0 Å². The van der Waals surface area contributed by atoms with Crippen molar-refractivity contribution in [2.75, 3.05) is 0 Å². The van der Waals surface area contributed by atoms with E-state index >= 15 is 0 Å². The molecule has 0 heterocycles. The molecule has 21 atom stereocenters. The molecule has 0 aromatic heterocycles. The Bertz CT molecular complexity index is 3290. The molecule has 0 spiro atoms. The Hall–Kier alpha value is -1.56. The van der Waals surface area contributed by atoms with Gasteiger partial charge >= 0.3 is 0 Å². The largest absolute Gasteiger partial charge is 0.0856 e. The first-order chi connectivity index (χ1) is 54.0. The maximum absolute atomic E-state index is 2.68. The van der Waals surface area contributed by atoms with E-state index in [1.165, 1.54) is 167 Å². The molecule has 0 aromatic carbocycles. The molecule has 0 N–H and O–H groups in total. The maximum atomic E-state index is 2.68. The van der Waals surface area contributed by atoms with Crippen LogP contribution in [0.3, 0.4) is 0 Å². The van der Waals surface area contributed by atoms with Crippen LogP contribution < -0.4 is 0 Å². The minimum Gasteiger partial charge on any atom is -0.0856 e. The van der Waals surface area contributed by atoms with E-state index < -0.39 is 0 Å². The van der Waals surface area contributed by atoms with Crippen molar-refractivity contribution in [1.29, 1.82) is 0 Å². The van der Waals surface area contributed by atoms with Gasteiger partial charge in [0, 0.05) is 0 Å². The highest BCUT2D eigenvalue weighted by molar-refractivity contribution is 5.26.